The van der Waals surface area contributed by atoms with Gasteiger partial charge in [-0.2, -0.15) is 0 Å². The molecule has 26 heavy (non-hydrogen) atoms. The fourth-order valence-electron chi connectivity index (χ4n) is 2.92. The van der Waals surface area contributed by atoms with E-state index in [2.05, 4.69) is 20.8 Å². The number of hydrogen-bond donors (Lipinski definition) is 2. The summed E-state index contributed by atoms with van der Waals surface area (Å²) in [6.07, 6.45) is 6.27. The van der Waals surface area contributed by atoms with E-state index in [0.29, 0.717) is 17.5 Å². The Hall–Kier alpha value is -1.80. The lowest BCUT2D eigenvalue weighted by Gasteiger charge is -2.21. The van der Waals surface area contributed by atoms with Crippen LogP contribution in [0.5, 0.6) is 5.75 Å². The molecule has 0 aliphatic heterocycles. The Balaban J connectivity index is 1.54. The molecule has 8 heteroatoms. The number of para-hydroxylation sites is 2. The minimum Gasteiger partial charge on any atom is -0.495 e. The first kappa shape index (κ1) is 19.0. The van der Waals surface area contributed by atoms with E-state index in [1.165, 1.54) is 55.2 Å². The van der Waals surface area contributed by atoms with Crippen molar-refractivity contribution in [3.8, 4) is 5.75 Å². The van der Waals surface area contributed by atoms with Crippen molar-refractivity contribution in [2.75, 3.05) is 17.7 Å². The molecule has 1 aliphatic carbocycles. The molecule has 2 N–H and O–H groups in total. The zero-order valence-corrected chi connectivity index (χ0v) is 16.7. The molecular formula is C18H24N4O2S2. The molecular weight excluding hydrogens is 368 g/mol. The molecule has 1 unspecified atom stereocenters. The number of rotatable bonds is 7. The van der Waals surface area contributed by atoms with Crippen molar-refractivity contribution in [3.63, 3.8) is 0 Å². The largest absolute Gasteiger partial charge is 0.495 e. The highest BCUT2D eigenvalue weighted by molar-refractivity contribution is 8.02. The summed E-state index contributed by atoms with van der Waals surface area (Å²) in [7, 11) is 1.59. The first-order valence-electron chi connectivity index (χ1n) is 8.86. The van der Waals surface area contributed by atoms with Crippen LogP contribution in [-0.4, -0.2) is 34.5 Å². The molecule has 1 fully saturated rings. The summed E-state index contributed by atoms with van der Waals surface area (Å²) < 4.78 is 6.07. The summed E-state index contributed by atoms with van der Waals surface area (Å²) in [6, 6.07) is 7.88. The minimum atomic E-state index is -0.282. The van der Waals surface area contributed by atoms with Crippen LogP contribution in [0.4, 0.5) is 10.8 Å². The average molecular weight is 393 g/mol. The highest BCUT2D eigenvalue weighted by Crippen LogP contribution is 2.32. The van der Waals surface area contributed by atoms with Gasteiger partial charge in [0.15, 0.2) is 4.34 Å². The fraction of sp³-hybridized carbons (Fsp3) is 0.500. The van der Waals surface area contributed by atoms with Gasteiger partial charge in [-0.25, -0.2) is 0 Å². The molecule has 1 atom stereocenters. The van der Waals surface area contributed by atoms with Gasteiger partial charge in [-0.15, -0.1) is 10.2 Å². The molecule has 1 aliphatic rings. The Morgan fingerprint density at radius 1 is 1.27 bits per heavy atom. The number of aromatic nitrogens is 2. The molecule has 1 heterocycles. The van der Waals surface area contributed by atoms with E-state index >= 15 is 0 Å². The van der Waals surface area contributed by atoms with Gasteiger partial charge >= 0.3 is 0 Å². The lowest BCUT2D eigenvalue weighted by Crippen LogP contribution is -2.22. The maximum absolute atomic E-state index is 12.5. The minimum absolute atomic E-state index is 0.0866. The van der Waals surface area contributed by atoms with Gasteiger partial charge in [-0.1, -0.05) is 54.5 Å². The third-order valence-electron chi connectivity index (χ3n) is 4.35. The zero-order chi connectivity index (χ0) is 18.4. The van der Waals surface area contributed by atoms with Gasteiger partial charge < -0.3 is 15.4 Å². The highest BCUT2D eigenvalue weighted by atomic mass is 32.2. The predicted molar refractivity (Wildman–Crippen MR) is 107 cm³/mol. The van der Waals surface area contributed by atoms with Gasteiger partial charge in [0.2, 0.25) is 11.0 Å². The van der Waals surface area contributed by atoms with Crippen LogP contribution >= 0.6 is 23.1 Å². The maximum atomic E-state index is 12.5. The normalized spacial score (nSPS) is 16.1. The third-order valence-corrected chi connectivity index (χ3v) is 6.39. The number of benzene rings is 1. The average Bonchev–Trinajstić information content (AvgIpc) is 3.09. The van der Waals surface area contributed by atoms with Crippen molar-refractivity contribution in [3.05, 3.63) is 24.3 Å². The van der Waals surface area contributed by atoms with Gasteiger partial charge in [0.1, 0.15) is 5.75 Å². The standard InChI is InChI=1S/C18H24N4O2S2/c1-12(16(23)20-14-10-6-7-11-15(14)24-2)25-18-22-21-17(26-18)19-13-8-4-3-5-9-13/h6-7,10-13H,3-5,8-9H2,1-2H3,(H,19,21)(H,20,23). The first-order valence-corrected chi connectivity index (χ1v) is 10.6. The molecule has 0 saturated heterocycles. The Bertz CT molecular complexity index is 731. The topological polar surface area (TPSA) is 76.1 Å². The van der Waals surface area contributed by atoms with Crippen LogP contribution in [0, 0.1) is 0 Å². The van der Waals surface area contributed by atoms with E-state index in [4.69, 9.17) is 4.74 Å². The second-order valence-corrected chi connectivity index (χ2v) is 8.87. The molecule has 140 valence electrons. The van der Waals surface area contributed by atoms with Crippen LogP contribution in [0.1, 0.15) is 39.0 Å². The van der Waals surface area contributed by atoms with Crippen LogP contribution < -0.4 is 15.4 Å². The summed E-state index contributed by atoms with van der Waals surface area (Å²) in [4.78, 5) is 12.5. The first-order chi connectivity index (χ1) is 12.7. The van der Waals surface area contributed by atoms with E-state index in [1.807, 2.05) is 31.2 Å². The van der Waals surface area contributed by atoms with E-state index < -0.39 is 0 Å². The summed E-state index contributed by atoms with van der Waals surface area (Å²) in [6.45, 7) is 1.87. The summed E-state index contributed by atoms with van der Waals surface area (Å²) >= 11 is 2.93. The number of anilines is 2. The van der Waals surface area contributed by atoms with Crippen molar-refractivity contribution in [2.45, 2.75) is 54.7 Å². The number of carbonyl (C=O) groups is 1. The quantitative estimate of drug-likeness (QED) is 0.680. The Labute approximate surface area is 162 Å². The highest BCUT2D eigenvalue weighted by Gasteiger charge is 2.20. The zero-order valence-electron chi connectivity index (χ0n) is 15.0. The Morgan fingerprint density at radius 2 is 2.04 bits per heavy atom. The van der Waals surface area contributed by atoms with Gasteiger partial charge in [0.05, 0.1) is 18.0 Å². The predicted octanol–water partition coefficient (Wildman–Crippen LogP) is 4.41. The molecule has 2 aromatic rings. The number of hydrogen-bond acceptors (Lipinski definition) is 7. The van der Waals surface area contributed by atoms with Crippen molar-refractivity contribution >= 4 is 39.8 Å². The van der Waals surface area contributed by atoms with Crippen LogP contribution in [-0.2, 0) is 4.79 Å². The number of ether oxygens (including phenoxy) is 1. The summed E-state index contributed by atoms with van der Waals surface area (Å²) in [5.74, 6) is 0.560. The molecule has 1 amide bonds. The number of thioether (sulfide) groups is 1. The molecule has 1 aromatic heterocycles. The number of amides is 1. The summed E-state index contributed by atoms with van der Waals surface area (Å²) in [5.41, 5.74) is 0.671. The van der Waals surface area contributed by atoms with E-state index in [1.54, 1.807) is 7.11 Å². The van der Waals surface area contributed by atoms with Crippen molar-refractivity contribution in [1.29, 1.82) is 0 Å². The smallest absolute Gasteiger partial charge is 0.237 e. The molecule has 6 nitrogen and oxygen atoms in total. The lowest BCUT2D eigenvalue weighted by molar-refractivity contribution is -0.115. The maximum Gasteiger partial charge on any atom is 0.237 e. The van der Waals surface area contributed by atoms with Crippen LogP contribution in [0.15, 0.2) is 28.6 Å². The monoisotopic (exact) mass is 392 g/mol. The SMILES string of the molecule is COc1ccccc1NC(=O)C(C)Sc1nnc(NC2CCCCC2)s1. The van der Waals surface area contributed by atoms with Crippen molar-refractivity contribution in [2.24, 2.45) is 0 Å². The third kappa shape index (κ3) is 5.11. The number of methoxy groups -OCH3 is 1. The Kier molecular flexibility index (Phi) is 6.73. The van der Waals surface area contributed by atoms with Gasteiger partial charge in [-0.3, -0.25) is 4.79 Å². The van der Waals surface area contributed by atoms with Gasteiger partial charge in [0.25, 0.3) is 0 Å². The summed E-state index contributed by atoms with van der Waals surface area (Å²) in [5, 5.41) is 15.4. The molecule has 0 spiro atoms. The van der Waals surface area contributed by atoms with Crippen LogP contribution in [0.25, 0.3) is 0 Å². The molecule has 0 radical (unpaired) electrons. The fourth-order valence-corrected chi connectivity index (χ4v) is 4.90. The van der Waals surface area contributed by atoms with E-state index in [9.17, 15) is 4.79 Å². The molecule has 1 saturated carbocycles. The Morgan fingerprint density at radius 3 is 2.81 bits per heavy atom. The number of carbonyl (C=O) groups excluding carboxylic acids is 1. The van der Waals surface area contributed by atoms with E-state index in [0.717, 1.165) is 9.47 Å². The second kappa shape index (κ2) is 9.23. The van der Waals surface area contributed by atoms with Crippen LogP contribution in [0.2, 0.25) is 0 Å². The van der Waals surface area contributed by atoms with Crippen molar-refractivity contribution < 1.29 is 9.53 Å². The number of nitrogens with one attached hydrogen (secondary N) is 2. The van der Waals surface area contributed by atoms with Gasteiger partial charge in [-0.05, 0) is 31.9 Å². The van der Waals surface area contributed by atoms with Crippen molar-refractivity contribution in [1.82, 2.24) is 10.2 Å². The van der Waals surface area contributed by atoms with E-state index in [-0.39, 0.29) is 11.2 Å². The van der Waals surface area contributed by atoms with Crippen LogP contribution in [0.3, 0.4) is 0 Å². The molecule has 1 aromatic carbocycles. The molecule has 0 bridgehead atoms. The number of nitrogens with zero attached hydrogens (tertiary/aromatic N) is 2. The molecule has 3 rings (SSSR count). The lowest BCUT2D eigenvalue weighted by atomic mass is 9.96. The van der Waals surface area contributed by atoms with Gasteiger partial charge in [0, 0.05) is 6.04 Å². The second-order valence-electron chi connectivity index (χ2n) is 6.30.